The van der Waals surface area contributed by atoms with Crippen LogP contribution in [0.5, 0.6) is 0 Å². The number of ether oxygens (including phenoxy) is 2. The lowest BCUT2D eigenvalue weighted by Gasteiger charge is -2.40. The highest BCUT2D eigenvalue weighted by Gasteiger charge is 2.75. The zero-order valence-corrected chi connectivity index (χ0v) is 26.9. The highest BCUT2D eigenvalue weighted by Crippen LogP contribution is 2.59. The van der Waals surface area contributed by atoms with Crippen LogP contribution in [-0.2, 0) is 28.7 Å². The predicted octanol–water partition coefficient (Wildman–Crippen LogP) is 3.70. The number of carbonyl (C=O) groups excluding carboxylic acids is 4. The second-order valence-corrected chi connectivity index (χ2v) is 12.4. The fourth-order valence-electron chi connectivity index (χ4n) is 7.48. The zero-order chi connectivity index (χ0) is 32.7. The summed E-state index contributed by atoms with van der Waals surface area (Å²) in [6.45, 7) is 13.3. The van der Waals surface area contributed by atoms with Gasteiger partial charge in [0.2, 0.25) is 17.7 Å². The van der Waals surface area contributed by atoms with Crippen molar-refractivity contribution in [2.75, 3.05) is 19.8 Å². The summed E-state index contributed by atoms with van der Waals surface area (Å²) in [4.78, 5) is 58.6. The van der Waals surface area contributed by atoms with Gasteiger partial charge in [0.15, 0.2) is 0 Å². The molecule has 1 spiro atoms. The lowest BCUT2D eigenvalue weighted by molar-refractivity contribution is -0.152. The average molecular weight is 624 g/mol. The van der Waals surface area contributed by atoms with Gasteiger partial charge in [-0.1, -0.05) is 62.8 Å². The molecular weight excluding hydrogens is 574 g/mol. The van der Waals surface area contributed by atoms with Gasteiger partial charge >= 0.3 is 5.97 Å². The number of esters is 1. The minimum Gasteiger partial charge on any atom is -0.463 e. The van der Waals surface area contributed by atoms with E-state index in [1.807, 2.05) is 44.2 Å². The maximum Gasteiger partial charge on any atom is 0.306 e. The van der Waals surface area contributed by atoms with Crippen molar-refractivity contribution in [2.45, 2.75) is 102 Å². The average Bonchev–Trinajstić information content (AvgIpc) is 3.69. The van der Waals surface area contributed by atoms with Crippen LogP contribution in [0.4, 0.5) is 0 Å². The first kappa shape index (κ1) is 34.4. The molecule has 4 rings (SSSR count). The summed E-state index contributed by atoms with van der Waals surface area (Å²) in [5.41, 5.74) is -0.432. The van der Waals surface area contributed by atoms with Gasteiger partial charge in [0, 0.05) is 19.0 Å². The Kier molecular flexibility index (Phi) is 11.6. The SMILES string of the molecule is C=CCCC(=O)OC[C@@H](NC(=O)[C@@H]1[C@@H]2CC[C@]3(O2)[C@H](C(=O)N(CC=C)C(C)CCC)N([C@@H](CC)CO)C(=O)[C@@H]13)c1ccccc1. The Hall–Kier alpha value is -3.50. The van der Waals surface area contributed by atoms with Crippen molar-refractivity contribution in [3.63, 3.8) is 0 Å². The van der Waals surface area contributed by atoms with Crippen LogP contribution in [-0.4, -0.2) is 88.2 Å². The van der Waals surface area contributed by atoms with E-state index in [1.165, 1.54) is 4.90 Å². The van der Waals surface area contributed by atoms with Crippen molar-refractivity contribution in [2.24, 2.45) is 11.8 Å². The van der Waals surface area contributed by atoms with Crippen LogP contribution < -0.4 is 5.32 Å². The topological polar surface area (TPSA) is 125 Å². The van der Waals surface area contributed by atoms with E-state index in [-0.39, 0.29) is 43.4 Å². The molecule has 0 aliphatic carbocycles. The first-order valence-corrected chi connectivity index (χ1v) is 16.3. The summed E-state index contributed by atoms with van der Waals surface area (Å²) >= 11 is 0. The molecular formula is C35H49N3O7. The highest BCUT2D eigenvalue weighted by molar-refractivity contribution is 5.99. The molecule has 10 nitrogen and oxygen atoms in total. The molecule has 3 aliphatic rings. The number of nitrogens with zero attached hydrogens (tertiary/aromatic N) is 2. The van der Waals surface area contributed by atoms with Crippen molar-refractivity contribution in [1.29, 1.82) is 0 Å². The summed E-state index contributed by atoms with van der Waals surface area (Å²) in [7, 11) is 0. The lowest BCUT2D eigenvalue weighted by atomic mass is 9.70. The number of likely N-dealkylation sites (tertiary alicyclic amines) is 1. The Morgan fingerprint density at radius 2 is 1.96 bits per heavy atom. The maximum absolute atomic E-state index is 14.5. The summed E-state index contributed by atoms with van der Waals surface area (Å²) in [6.07, 6.45) is 6.53. The first-order chi connectivity index (χ1) is 21.7. The fourth-order valence-corrected chi connectivity index (χ4v) is 7.48. The van der Waals surface area contributed by atoms with E-state index in [0.29, 0.717) is 32.2 Å². The van der Waals surface area contributed by atoms with E-state index < -0.39 is 47.6 Å². The Morgan fingerprint density at radius 3 is 2.58 bits per heavy atom. The smallest absolute Gasteiger partial charge is 0.306 e. The van der Waals surface area contributed by atoms with Gasteiger partial charge < -0.3 is 29.7 Å². The molecule has 3 amide bonds. The fraction of sp³-hybridized carbons (Fsp3) is 0.600. The van der Waals surface area contributed by atoms with Crippen LogP contribution in [0.15, 0.2) is 55.6 Å². The first-order valence-electron chi connectivity index (χ1n) is 16.3. The van der Waals surface area contributed by atoms with Crippen LogP contribution >= 0.6 is 0 Å². The van der Waals surface area contributed by atoms with Crippen LogP contribution in [0.2, 0.25) is 0 Å². The number of fused-ring (bicyclic) bond motifs is 1. The van der Waals surface area contributed by atoms with Crippen LogP contribution in [0.25, 0.3) is 0 Å². The van der Waals surface area contributed by atoms with Gasteiger partial charge in [-0.3, -0.25) is 19.2 Å². The van der Waals surface area contributed by atoms with Gasteiger partial charge in [-0.05, 0) is 44.6 Å². The molecule has 0 radical (unpaired) electrons. The second-order valence-electron chi connectivity index (χ2n) is 12.4. The predicted molar refractivity (Wildman–Crippen MR) is 170 cm³/mol. The van der Waals surface area contributed by atoms with Crippen LogP contribution in [0, 0.1) is 11.8 Å². The molecule has 1 aromatic rings. The summed E-state index contributed by atoms with van der Waals surface area (Å²) < 4.78 is 12.1. The van der Waals surface area contributed by atoms with E-state index in [2.05, 4.69) is 25.4 Å². The van der Waals surface area contributed by atoms with Gasteiger partial charge in [-0.2, -0.15) is 0 Å². The van der Waals surface area contributed by atoms with Gasteiger partial charge in [-0.25, -0.2) is 0 Å². The maximum atomic E-state index is 14.5. The molecule has 1 unspecified atom stereocenters. The van der Waals surface area contributed by atoms with Gasteiger partial charge in [0.05, 0.1) is 36.6 Å². The number of aliphatic hydroxyl groups is 1. The molecule has 3 saturated heterocycles. The number of rotatable bonds is 17. The lowest BCUT2D eigenvalue weighted by Crippen LogP contribution is -2.60. The number of hydrogen-bond acceptors (Lipinski definition) is 7. The van der Waals surface area contributed by atoms with Gasteiger partial charge in [0.25, 0.3) is 0 Å². The Labute approximate surface area is 266 Å². The van der Waals surface area contributed by atoms with E-state index in [9.17, 15) is 24.3 Å². The molecule has 3 aliphatic heterocycles. The summed E-state index contributed by atoms with van der Waals surface area (Å²) in [5, 5.41) is 13.4. The molecule has 246 valence electrons. The minimum atomic E-state index is -1.19. The minimum absolute atomic E-state index is 0.0742. The summed E-state index contributed by atoms with van der Waals surface area (Å²) in [5.74, 6) is -3.09. The monoisotopic (exact) mass is 623 g/mol. The Bertz CT molecular complexity index is 1230. The van der Waals surface area contributed by atoms with Crippen LogP contribution in [0.1, 0.15) is 77.3 Å². The number of allylic oxidation sites excluding steroid dienone is 1. The van der Waals surface area contributed by atoms with Crippen molar-refractivity contribution >= 4 is 23.7 Å². The van der Waals surface area contributed by atoms with E-state index in [4.69, 9.17) is 9.47 Å². The molecule has 0 saturated carbocycles. The molecule has 0 aromatic heterocycles. The van der Waals surface area contributed by atoms with Crippen LogP contribution in [0.3, 0.4) is 0 Å². The second kappa shape index (κ2) is 15.2. The number of benzene rings is 1. The third-order valence-electron chi connectivity index (χ3n) is 9.68. The third kappa shape index (κ3) is 6.72. The van der Waals surface area contributed by atoms with Gasteiger partial charge in [-0.15, -0.1) is 13.2 Å². The van der Waals surface area contributed by atoms with Gasteiger partial charge in [0.1, 0.15) is 18.2 Å². The van der Waals surface area contributed by atoms with E-state index in [0.717, 1.165) is 18.4 Å². The number of nitrogens with one attached hydrogen (secondary N) is 1. The Balaban J connectivity index is 1.66. The molecule has 2 N–H and O–H groups in total. The quantitative estimate of drug-likeness (QED) is 0.200. The molecule has 10 heteroatoms. The number of aliphatic hydroxyl groups excluding tert-OH is 1. The largest absolute Gasteiger partial charge is 0.463 e. The molecule has 3 heterocycles. The zero-order valence-electron chi connectivity index (χ0n) is 26.9. The number of hydrogen-bond donors (Lipinski definition) is 2. The number of amides is 3. The molecule has 45 heavy (non-hydrogen) atoms. The molecule has 8 atom stereocenters. The molecule has 3 fully saturated rings. The molecule has 2 bridgehead atoms. The third-order valence-corrected chi connectivity index (χ3v) is 9.68. The summed E-state index contributed by atoms with van der Waals surface area (Å²) in [6, 6.07) is 6.91. The Morgan fingerprint density at radius 1 is 1.22 bits per heavy atom. The van der Waals surface area contributed by atoms with E-state index >= 15 is 0 Å². The van der Waals surface area contributed by atoms with Crippen molar-refractivity contribution in [3.8, 4) is 0 Å². The number of carbonyl (C=O) groups is 4. The normalized spacial score (nSPS) is 26.9. The highest BCUT2D eigenvalue weighted by atomic mass is 16.5. The molecule has 1 aromatic carbocycles. The van der Waals surface area contributed by atoms with E-state index in [1.54, 1.807) is 17.1 Å². The van der Waals surface area contributed by atoms with Crippen molar-refractivity contribution in [3.05, 3.63) is 61.2 Å². The van der Waals surface area contributed by atoms with Crippen molar-refractivity contribution < 1.29 is 33.8 Å². The standard InChI is InChI=1S/C35H49N3O7/c1-6-10-17-28(40)44-22-26(24-15-12-11-13-16-24)36-32(41)29-27-18-19-35(45-27)30(29)33(42)38(25(9-4)21-39)31(35)34(43)37(20-8-3)23(5)14-7-2/h6,8,11-13,15-16,23,25-27,29-31,39H,1,3,7,9-10,14,17-22H2,2,4-5H3,(H,36,41)/t23?,25-,26+,27-,29+,30+,31-,35+/m0/s1. The van der Waals surface area contributed by atoms with Crippen molar-refractivity contribution in [1.82, 2.24) is 15.1 Å².